The molecule has 3 saturated carbocycles. The molecular weight excluding hydrogens is 353 g/mol. The summed E-state index contributed by atoms with van der Waals surface area (Å²) in [4.78, 5) is 29.3. The van der Waals surface area contributed by atoms with E-state index in [0.717, 1.165) is 11.5 Å². The highest BCUT2D eigenvalue weighted by Crippen LogP contribution is 2.79. The number of hydrogen-bond acceptors (Lipinski definition) is 4. The lowest BCUT2D eigenvalue weighted by molar-refractivity contribution is -0.379. The maximum absolute atomic E-state index is 13.1. The maximum atomic E-state index is 13.1. The lowest BCUT2D eigenvalue weighted by atomic mass is 9.31. The summed E-state index contributed by atoms with van der Waals surface area (Å²) in [5.41, 5.74) is -5.01. The van der Waals surface area contributed by atoms with Crippen LogP contribution in [0.1, 0.15) is 26.2 Å². The molecule has 3 aliphatic rings. The fourth-order valence-electron chi connectivity index (χ4n) is 4.85. The molecule has 3 aliphatic carbocycles. The first kappa shape index (κ1) is 17.3. The van der Waals surface area contributed by atoms with Gasteiger partial charge in [0, 0.05) is 26.1 Å². The Morgan fingerprint density at radius 1 is 1.23 bits per heavy atom. The zero-order valence-electron chi connectivity index (χ0n) is 14.6. The van der Waals surface area contributed by atoms with Crippen LogP contribution in [0.2, 0.25) is 0 Å². The standard InChI is InChI=1S/C16H19F3N4O3/c1-13(26,16(17,18)19)15-4-14(5-15,6-15)7-23-11(24)9-10(20-8-21(9)2)22(3)12(23)25/h8,26H,4-7H2,1-3H3. The van der Waals surface area contributed by atoms with E-state index in [0.29, 0.717) is 0 Å². The number of alkyl halides is 3. The van der Waals surface area contributed by atoms with E-state index in [4.69, 9.17) is 0 Å². The van der Waals surface area contributed by atoms with Gasteiger partial charge in [-0.15, -0.1) is 0 Å². The van der Waals surface area contributed by atoms with Crippen molar-refractivity contribution in [1.82, 2.24) is 18.7 Å². The molecule has 3 fully saturated rings. The number of aromatic nitrogens is 4. The predicted molar refractivity (Wildman–Crippen MR) is 85.6 cm³/mol. The molecule has 0 amide bonds. The van der Waals surface area contributed by atoms with Crippen LogP contribution in [0.4, 0.5) is 13.2 Å². The zero-order chi connectivity index (χ0) is 19.3. The molecule has 142 valence electrons. The topological polar surface area (TPSA) is 82.1 Å². The highest BCUT2D eigenvalue weighted by atomic mass is 19.4. The maximum Gasteiger partial charge on any atom is 0.417 e. The van der Waals surface area contributed by atoms with Gasteiger partial charge < -0.3 is 9.67 Å². The Labute approximate surface area is 145 Å². The van der Waals surface area contributed by atoms with Crippen molar-refractivity contribution in [3.8, 4) is 0 Å². The number of aryl methyl sites for hydroxylation is 2. The molecule has 2 heterocycles. The Morgan fingerprint density at radius 3 is 2.35 bits per heavy atom. The van der Waals surface area contributed by atoms with Crippen LogP contribution in [0.5, 0.6) is 0 Å². The average molecular weight is 372 g/mol. The van der Waals surface area contributed by atoms with Gasteiger partial charge >= 0.3 is 11.9 Å². The molecule has 1 N–H and O–H groups in total. The van der Waals surface area contributed by atoms with Gasteiger partial charge in [0.05, 0.1) is 6.33 Å². The second-order valence-corrected chi connectivity index (χ2v) is 8.14. The van der Waals surface area contributed by atoms with Crippen molar-refractivity contribution in [2.75, 3.05) is 0 Å². The molecular formula is C16H19F3N4O3. The summed E-state index contributed by atoms with van der Waals surface area (Å²) in [6, 6.07) is 0. The van der Waals surface area contributed by atoms with E-state index >= 15 is 0 Å². The Hall–Kier alpha value is -2.10. The summed E-state index contributed by atoms with van der Waals surface area (Å²) in [6.07, 6.45) is -2.84. The van der Waals surface area contributed by atoms with Crippen LogP contribution in [-0.4, -0.2) is 35.6 Å². The molecule has 1 atom stereocenters. The third-order valence-electron chi connectivity index (χ3n) is 6.42. The van der Waals surface area contributed by atoms with Crippen molar-refractivity contribution >= 4 is 11.2 Å². The van der Waals surface area contributed by atoms with Crippen LogP contribution in [0.25, 0.3) is 11.2 Å². The minimum atomic E-state index is -4.71. The molecule has 7 nitrogen and oxygen atoms in total. The molecule has 0 radical (unpaired) electrons. The minimum Gasteiger partial charge on any atom is -0.380 e. The summed E-state index contributed by atoms with van der Waals surface area (Å²) >= 11 is 0. The molecule has 0 saturated heterocycles. The first-order valence-electron chi connectivity index (χ1n) is 8.24. The average Bonchev–Trinajstić information content (AvgIpc) is 2.82. The van der Waals surface area contributed by atoms with E-state index in [2.05, 4.69) is 4.98 Å². The molecule has 0 aliphatic heterocycles. The summed E-state index contributed by atoms with van der Waals surface area (Å²) in [5.74, 6) is 0. The molecule has 0 aromatic carbocycles. The van der Waals surface area contributed by atoms with Crippen LogP contribution < -0.4 is 11.2 Å². The molecule has 2 aromatic heterocycles. The molecule has 0 spiro atoms. The Morgan fingerprint density at radius 2 is 1.81 bits per heavy atom. The number of nitrogens with zero attached hydrogens (tertiary/aromatic N) is 4. The van der Waals surface area contributed by atoms with Gasteiger partial charge in [0.2, 0.25) is 0 Å². The van der Waals surface area contributed by atoms with Crippen molar-refractivity contribution in [3.05, 3.63) is 27.2 Å². The lowest BCUT2D eigenvalue weighted by Gasteiger charge is -2.74. The van der Waals surface area contributed by atoms with E-state index in [1.807, 2.05) is 0 Å². The van der Waals surface area contributed by atoms with Gasteiger partial charge in [-0.25, -0.2) is 9.78 Å². The van der Waals surface area contributed by atoms with Gasteiger partial charge in [-0.05, 0) is 31.6 Å². The molecule has 10 heteroatoms. The quantitative estimate of drug-likeness (QED) is 0.869. The second-order valence-electron chi connectivity index (χ2n) is 8.14. The smallest absolute Gasteiger partial charge is 0.380 e. The van der Waals surface area contributed by atoms with Crippen molar-refractivity contribution in [3.63, 3.8) is 0 Å². The van der Waals surface area contributed by atoms with Crippen molar-refractivity contribution in [1.29, 1.82) is 0 Å². The van der Waals surface area contributed by atoms with Crippen molar-refractivity contribution < 1.29 is 18.3 Å². The number of rotatable bonds is 3. The number of halogens is 3. The van der Waals surface area contributed by atoms with Crippen LogP contribution in [0.15, 0.2) is 15.9 Å². The first-order chi connectivity index (χ1) is 11.8. The largest absolute Gasteiger partial charge is 0.417 e. The zero-order valence-corrected chi connectivity index (χ0v) is 14.6. The number of imidazole rings is 1. The highest BCUT2D eigenvalue weighted by molar-refractivity contribution is 5.69. The highest BCUT2D eigenvalue weighted by Gasteiger charge is 2.79. The fraction of sp³-hybridized carbons (Fsp3) is 0.688. The Bertz CT molecular complexity index is 1020. The van der Waals surface area contributed by atoms with E-state index in [1.165, 1.54) is 22.5 Å². The first-order valence-corrected chi connectivity index (χ1v) is 8.24. The van der Waals surface area contributed by atoms with Crippen LogP contribution in [0, 0.1) is 10.8 Å². The van der Waals surface area contributed by atoms with E-state index < -0.39 is 33.9 Å². The third kappa shape index (κ3) is 1.85. The van der Waals surface area contributed by atoms with Gasteiger partial charge in [0.25, 0.3) is 5.56 Å². The van der Waals surface area contributed by atoms with Gasteiger partial charge in [-0.2, -0.15) is 13.2 Å². The summed E-state index contributed by atoms with van der Waals surface area (Å²) in [5, 5.41) is 9.98. The van der Waals surface area contributed by atoms with Gasteiger partial charge in [-0.3, -0.25) is 13.9 Å². The molecule has 2 aromatic rings. The number of aliphatic hydroxyl groups is 1. The number of hydrogen-bond donors (Lipinski definition) is 1. The predicted octanol–water partition coefficient (Wildman–Crippen LogP) is 0.917. The summed E-state index contributed by atoms with van der Waals surface area (Å²) in [7, 11) is 3.15. The second kappa shape index (κ2) is 4.59. The van der Waals surface area contributed by atoms with Crippen LogP contribution >= 0.6 is 0 Å². The molecule has 2 bridgehead atoms. The van der Waals surface area contributed by atoms with Crippen molar-refractivity contribution in [2.45, 2.75) is 44.5 Å². The molecule has 1 unspecified atom stereocenters. The summed E-state index contributed by atoms with van der Waals surface area (Å²) in [6.45, 7) is 0.859. The monoisotopic (exact) mass is 372 g/mol. The fourth-order valence-corrected chi connectivity index (χ4v) is 4.85. The van der Waals surface area contributed by atoms with Gasteiger partial charge in [0.15, 0.2) is 16.8 Å². The van der Waals surface area contributed by atoms with Crippen LogP contribution in [0.3, 0.4) is 0 Å². The van der Waals surface area contributed by atoms with Gasteiger partial charge in [0.1, 0.15) is 0 Å². The van der Waals surface area contributed by atoms with E-state index in [-0.39, 0.29) is 37.0 Å². The Balaban J connectivity index is 1.67. The Kier molecular flexibility index (Phi) is 3.06. The molecule has 5 rings (SSSR count). The SMILES string of the molecule is Cn1cnc2c1c(=O)n(CC13CC(C(C)(O)C(F)(F)F)(C1)C3)c(=O)n2C. The minimum absolute atomic E-state index is 0.0509. The lowest BCUT2D eigenvalue weighted by Crippen LogP contribution is -2.75. The molecule has 26 heavy (non-hydrogen) atoms. The van der Waals surface area contributed by atoms with Crippen molar-refractivity contribution in [2.24, 2.45) is 24.9 Å². The normalized spacial score (nSPS) is 30.0. The number of fused-ring (bicyclic) bond motifs is 1. The van der Waals surface area contributed by atoms with E-state index in [9.17, 15) is 27.9 Å². The van der Waals surface area contributed by atoms with Crippen LogP contribution in [-0.2, 0) is 20.6 Å². The third-order valence-corrected chi connectivity index (χ3v) is 6.42. The summed E-state index contributed by atoms with van der Waals surface area (Å²) < 4.78 is 43.2. The van der Waals surface area contributed by atoms with Gasteiger partial charge in [-0.1, -0.05) is 0 Å². The van der Waals surface area contributed by atoms with E-state index in [1.54, 1.807) is 7.05 Å².